The number of hydrogen-bond donors (Lipinski definition) is 0. The lowest BCUT2D eigenvalue weighted by Crippen LogP contribution is -2.15. The maximum atomic E-state index is 13.5. The summed E-state index contributed by atoms with van der Waals surface area (Å²) in [6.45, 7) is 5.15. The van der Waals surface area contributed by atoms with Gasteiger partial charge in [-0.15, -0.1) is 0 Å². The Bertz CT molecular complexity index is 762. The smallest absolute Gasteiger partial charge is 0.156 e. The van der Waals surface area contributed by atoms with Crippen molar-refractivity contribution in [3.05, 3.63) is 70.5 Å². The van der Waals surface area contributed by atoms with Crippen LogP contribution < -0.4 is 0 Å². The molecule has 0 unspecified atom stereocenters. The highest BCUT2D eigenvalue weighted by Crippen LogP contribution is 2.15. The average molecular weight is 334 g/mol. The largest absolute Gasteiger partial charge is 0.228 e. The van der Waals surface area contributed by atoms with Crippen LogP contribution in [0.15, 0.2) is 42.5 Å². The Morgan fingerprint density at radius 3 is 2.00 bits per heavy atom. The first-order valence-electron chi connectivity index (χ1n) is 7.82. The minimum atomic E-state index is -3.07. The first kappa shape index (κ1) is 17.7. The molecule has 0 radical (unpaired) electrons. The Balaban J connectivity index is 1.99. The van der Waals surface area contributed by atoms with E-state index in [1.165, 1.54) is 0 Å². The van der Waals surface area contributed by atoms with Crippen LogP contribution in [0, 0.1) is 12.7 Å². The van der Waals surface area contributed by atoms with Gasteiger partial charge in [-0.1, -0.05) is 36.4 Å². The summed E-state index contributed by atoms with van der Waals surface area (Å²) in [5.41, 5.74) is 3.56. The number of aryl methyl sites for hydroxylation is 3. The van der Waals surface area contributed by atoms with Crippen molar-refractivity contribution in [3.8, 4) is 0 Å². The van der Waals surface area contributed by atoms with E-state index in [2.05, 4.69) is 0 Å². The molecular weight excluding hydrogens is 311 g/mol. The maximum absolute atomic E-state index is 13.5. The summed E-state index contributed by atoms with van der Waals surface area (Å²) in [4.78, 5) is 0. The molecule has 0 fully saturated rings. The fourth-order valence-electron chi connectivity index (χ4n) is 2.28. The standard InChI is InChI=1S/C19H23FO2S/c1-14(2)23(21,22)13-18-10-7-16(8-11-18)6-9-17-5-4-15(3)19(20)12-17/h4-5,7-8,10-12,14H,6,9,13H2,1-3H3. The van der Waals surface area contributed by atoms with Crippen molar-refractivity contribution in [3.63, 3.8) is 0 Å². The summed E-state index contributed by atoms with van der Waals surface area (Å²) < 4.78 is 37.4. The summed E-state index contributed by atoms with van der Waals surface area (Å²) in [7, 11) is -3.07. The lowest BCUT2D eigenvalue weighted by atomic mass is 10.0. The number of sulfone groups is 1. The van der Waals surface area contributed by atoms with Crippen molar-refractivity contribution in [1.29, 1.82) is 0 Å². The van der Waals surface area contributed by atoms with Crippen molar-refractivity contribution in [2.45, 2.75) is 44.6 Å². The normalized spacial score (nSPS) is 11.9. The fraction of sp³-hybridized carbons (Fsp3) is 0.368. The van der Waals surface area contributed by atoms with Gasteiger partial charge in [-0.3, -0.25) is 0 Å². The minimum Gasteiger partial charge on any atom is -0.228 e. The van der Waals surface area contributed by atoms with Crippen LogP contribution in [0.25, 0.3) is 0 Å². The number of halogens is 1. The van der Waals surface area contributed by atoms with Crippen molar-refractivity contribution in [1.82, 2.24) is 0 Å². The molecule has 2 rings (SSSR count). The average Bonchev–Trinajstić information content (AvgIpc) is 2.49. The Kier molecular flexibility index (Phi) is 5.58. The molecule has 4 heteroatoms. The van der Waals surface area contributed by atoms with Gasteiger partial charge < -0.3 is 0 Å². The van der Waals surface area contributed by atoms with E-state index in [4.69, 9.17) is 0 Å². The molecule has 2 aromatic carbocycles. The van der Waals surface area contributed by atoms with Crippen LogP contribution in [-0.2, 0) is 28.4 Å². The monoisotopic (exact) mass is 334 g/mol. The Hall–Kier alpha value is -1.68. The van der Waals surface area contributed by atoms with E-state index < -0.39 is 9.84 Å². The van der Waals surface area contributed by atoms with Gasteiger partial charge in [0.2, 0.25) is 0 Å². The highest BCUT2D eigenvalue weighted by Gasteiger charge is 2.16. The summed E-state index contributed by atoms with van der Waals surface area (Å²) >= 11 is 0. The quantitative estimate of drug-likeness (QED) is 0.792. The molecule has 124 valence electrons. The maximum Gasteiger partial charge on any atom is 0.156 e. The number of benzene rings is 2. The van der Waals surface area contributed by atoms with Gasteiger partial charge >= 0.3 is 0 Å². The molecule has 0 N–H and O–H groups in total. The molecule has 0 saturated heterocycles. The second-order valence-electron chi connectivity index (χ2n) is 6.26. The molecule has 0 spiro atoms. The molecule has 23 heavy (non-hydrogen) atoms. The third-order valence-corrected chi connectivity index (χ3v) is 6.22. The van der Waals surface area contributed by atoms with Gasteiger partial charge in [0.1, 0.15) is 5.82 Å². The van der Waals surface area contributed by atoms with Crippen LogP contribution in [0.4, 0.5) is 4.39 Å². The van der Waals surface area contributed by atoms with Gasteiger partial charge in [-0.25, -0.2) is 12.8 Å². The van der Waals surface area contributed by atoms with E-state index in [-0.39, 0.29) is 16.8 Å². The Morgan fingerprint density at radius 2 is 1.43 bits per heavy atom. The van der Waals surface area contributed by atoms with E-state index in [1.54, 1.807) is 32.9 Å². The molecular formula is C19H23FO2S. The van der Waals surface area contributed by atoms with Crippen LogP contribution in [0.2, 0.25) is 0 Å². The highest BCUT2D eigenvalue weighted by atomic mass is 32.2. The van der Waals surface area contributed by atoms with Gasteiger partial charge in [-0.05, 0) is 61.9 Å². The van der Waals surface area contributed by atoms with Gasteiger partial charge in [0.05, 0.1) is 11.0 Å². The van der Waals surface area contributed by atoms with Crippen molar-refractivity contribution in [2.75, 3.05) is 0 Å². The molecule has 0 heterocycles. The third kappa shape index (κ3) is 4.90. The van der Waals surface area contributed by atoms with Gasteiger partial charge in [0, 0.05) is 0 Å². The summed E-state index contributed by atoms with van der Waals surface area (Å²) in [6.07, 6.45) is 1.57. The SMILES string of the molecule is Cc1ccc(CCc2ccc(CS(=O)(=O)C(C)C)cc2)cc1F. The zero-order chi connectivity index (χ0) is 17.0. The molecule has 0 saturated carbocycles. The van der Waals surface area contributed by atoms with E-state index in [1.807, 2.05) is 30.3 Å². The van der Waals surface area contributed by atoms with Crippen LogP contribution in [0.3, 0.4) is 0 Å². The number of rotatable bonds is 6. The third-order valence-electron chi connectivity index (χ3n) is 4.05. The van der Waals surface area contributed by atoms with Crippen LogP contribution in [0.5, 0.6) is 0 Å². The van der Waals surface area contributed by atoms with Gasteiger partial charge in [0.25, 0.3) is 0 Å². The minimum absolute atomic E-state index is 0.0775. The van der Waals surface area contributed by atoms with Crippen LogP contribution in [0.1, 0.15) is 36.1 Å². The predicted molar refractivity (Wildman–Crippen MR) is 92.7 cm³/mol. The van der Waals surface area contributed by atoms with Crippen molar-refractivity contribution in [2.24, 2.45) is 0 Å². The summed E-state index contributed by atoms with van der Waals surface area (Å²) in [5, 5.41) is -0.362. The summed E-state index contributed by atoms with van der Waals surface area (Å²) in [5.74, 6) is -0.0922. The fourth-order valence-corrected chi connectivity index (χ4v) is 3.27. The Morgan fingerprint density at radius 1 is 0.913 bits per heavy atom. The zero-order valence-corrected chi connectivity index (χ0v) is 14.7. The number of hydrogen-bond acceptors (Lipinski definition) is 2. The van der Waals surface area contributed by atoms with Crippen molar-refractivity contribution >= 4 is 9.84 Å². The second kappa shape index (κ2) is 7.26. The lowest BCUT2D eigenvalue weighted by Gasteiger charge is -2.09. The van der Waals surface area contributed by atoms with E-state index in [9.17, 15) is 12.8 Å². The first-order chi connectivity index (χ1) is 10.8. The van der Waals surface area contributed by atoms with E-state index >= 15 is 0 Å². The molecule has 0 aliphatic carbocycles. The lowest BCUT2D eigenvalue weighted by molar-refractivity contribution is 0.586. The topological polar surface area (TPSA) is 34.1 Å². The van der Waals surface area contributed by atoms with Gasteiger partial charge in [0.15, 0.2) is 9.84 Å². The molecule has 0 aromatic heterocycles. The van der Waals surface area contributed by atoms with E-state index in [0.29, 0.717) is 5.56 Å². The molecule has 0 bridgehead atoms. The second-order valence-corrected chi connectivity index (χ2v) is 8.81. The van der Waals surface area contributed by atoms with Crippen LogP contribution in [-0.4, -0.2) is 13.7 Å². The van der Waals surface area contributed by atoms with Gasteiger partial charge in [-0.2, -0.15) is 0 Å². The molecule has 2 nitrogen and oxygen atoms in total. The first-order valence-corrected chi connectivity index (χ1v) is 9.54. The zero-order valence-electron chi connectivity index (χ0n) is 13.8. The molecule has 0 aliphatic heterocycles. The highest BCUT2D eigenvalue weighted by molar-refractivity contribution is 7.91. The Labute approximate surface area is 138 Å². The van der Waals surface area contributed by atoms with E-state index in [0.717, 1.165) is 29.5 Å². The van der Waals surface area contributed by atoms with Crippen molar-refractivity contribution < 1.29 is 12.8 Å². The molecule has 0 atom stereocenters. The summed E-state index contributed by atoms with van der Waals surface area (Å²) in [6, 6.07) is 13.0. The van der Waals surface area contributed by atoms with Crippen LogP contribution >= 0.6 is 0 Å². The molecule has 0 amide bonds. The molecule has 2 aromatic rings. The molecule has 0 aliphatic rings. The predicted octanol–water partition coefficient (Wildman–Crippen LogP) is 4.24.